The summed E-state index contributed by atoms with van der Waals surface area (Å²) in [6, 6.07) is 5.20. The van der Waals surface area contributed by atoms with Crippen molar-refractivity contribution in [3.8, 4) is 11.5 Å². The number of benzene rings is 1. The van der Waals surface area contributed by atoms with E-state index in [9.17, 15) is 0 Å². The van der Waals surface area contributed by atoms with E-state index >= 15 is 0 Å². The molecule has 4 heteroatoms. The molecule has 0 aliphatic heterocycles. The van der Waals surface area contributed by atoms with E-state index in [1.165, 1.54) is 0 Å². The standard InChI is InChI=1S/C11H17NO3/c1-3-8(7-13)15-9-4-5-10(12)11(6-9)14-2/h4-6,8,13H,3,7,12H2,1-2H3. The summed E-state index contributed by atoms with van der Waals surface area (Å²) in [5, 5.41) is 8.99. The average molecular weight is 211 g/mol. The summed E-state index contributed by atoms with van der Waals surface area (Å²) in [5.41, 5.74) is 6.24. The van der Waals surface area contributed by atoms with Gasteiger partial charge in [0.2, 0.25) is 0 Å². The van der Waals surface area contributed by atoms with Crippen LogP contribution in [0.3, 0.4) is 0 Å². The third-order valence-corrected chi connectivity index (χ3v) is 2.17. The molecule has 0 bridgehead atoms. The lowest BCUT2D eigenvalue weighted by Gasteiger charge is -2.15. The van der Waals surface area contributed by atoms with Crippen LogP contribution in [-0.4, -0.2) is 24.9 Å². The molecule has 0 saturated carbocycles. The average Bonchev–Trinajstić information content (AvgIpc) is 2.28. The molecule has 1 rings (SSSR count). The predicted molar refractivity (Wildman–Crippen MR) is 59.2 cm³/mol. The van der Waals surface area contributed by atoms with E-state index in [2.05, 4.69) is 0 Å². The van der Waals surface area contributed by atoms with E-state index in [1.54, 1.807) is 25.3 Å². The molecule has 0 spiro atoms. The van der Waals surface area contributed by atoms with Crippen LogP contribution in [0.4, 0.5) is 5.69 Å². The zero-order chi connectivity index (χ0) is 11.3. The van der Waals surface area contributed by atoms with Gasteiger partial charge in [-0.05, 0) is 18.6 Å². The molecule has 0 heterocycles. The van der Waals surface area contributed by atoms with Crippen LogP contribution in [0.2, 0.25) is 0 Å². The summed E-state index contributed by atoms with van der Waals surface area (Å²) >= 11 is 0. The first-order chi connectivity index (χ1) is 7.21. The van der Waals surface area contributed by atoms with Gasteiger partial charge in [0.05, 0.1) is 19.4 Å². The summed E-state index contributed by atoms with van der Waals surface area (Å²) in [6.07, 6.45) is 0.571. The van der Waals surface area contributed by atoms with Crippen LogP contribution in [-0.2, 0) is 0 Å². The second-order valence-corrected chi connectivity index (χ2v) is 3.23. The van der Waals surface area contributed by atoms with Crippen molar-refractivity contribution in [1.29, 1.82) is 0 Å². The van der Waals surface area contributed by atoms with E-state index in [-0.39, 0.29) is 12.7 Å². The van der Waals surface area contributed by atoms with Crippen molar-refractivity contribution in [2.24, 2.45) is 0 Å². The molecule has 15 heavy (non-hydrogen) atoms. The van der Waals surface area contributed by atoms with Gasteiger partial charge in [0.25, 0.3) is 0 Å². The molecule has 1 aromatic carbocycles. The first-order valence-electron chi connectivity index (χ1n) is 4.92. The van der Waals surface area contributed by atoms with Gasteiger partial charge in [-0.1, -0.05) is 6.92 Å². The number of nitrogen functional groups attached to an aromatic ring is 1. The summed E-state index contributed by atoms with van der Waals surface area (Å²) in [6.45, 7) is 1.96. The first-order valence-corrected chi connectivity index (χ1v) is 4.92. The Kier molecular flexibility index (Phi) is 4.24. The topological polar surface area (TPSA) is 64.7 Å². The fourth-order valence-electron chi connectivity index (χ4n) is 1.21. The van der Waals surface area contributed by atoms with Gasteiger partial charge >= 0.3 is 0 Å². The SMILES string of the molecule is CCC(CO)Oc1ccc(N)c(OC)c1. The molecular formula is C11H17NO3. The molecular weight excluding hydrogens is 194 g/mol. The summed E-state index contributed by atoms with van der Waals surface area (Å²) in [5.74, 6) is 1.24. The molecule has 4 nitrogen and oxygen atoms in total. The molecule has 0 radical (unpaired) electrons. The van der Waals surface area contributed by atoms with Crippen LogP contribution in [0, 0.1) is 0 Å². The lowest BCUT2D eigenvalue weighted by atomic mass is 10.2. The Bertz CT molecular complexity index is 311. The highest BCUT2D eigenvalue weighted by atomic mass is 16.5. The minimum atomic E-state index is -0.182. The van der Waals surface area contributed by atoms with Crippen LogP contribution < -0.4 is 15.2 Å². The highest BCUT2D eigenvalue weighted by Gasteiger charge is 2.08. The van der Waals surface area contributed by atoms with Crippen molar-refractivity contribution >= 4 is 5.69 Å². The Morgan fingerprint density at radius 1 is 1.47 bits per heavy atom. The van der Waals surface area contributed by atoms with Crippen molar-refractivity contribution in [3.63, 3.8) is 0 Å². The third kappa shape index (κ3) is 3.02. The smallest absolute Gasteiger partial charge is 0.145 e. The molecule has 1 atom stereocenters. The predicted octanol–water partition coefficient (Wildman–Crippen LogP) is 1.43. The molecule has 0 aliphatic carbocycles. The molecule has 1 unspecified atom stereocenters. The molecule has 0 aromatic heterocycles. The van der Waals surface area contributed by atoms with Gasteiger partial charge in [0, 0.05) is 6.07 Å². The molecule has 1 aromatic rings. The van der Waals surface area contributed by atoms with Crippen LogP contribution >= 0.6 is 0 Å². The highest BCUT2D eigenvalue weighted by Crippen LogP contribution is 2.27. The van der Waals surface area contributed by atoms with Gasteiger partial charge in [-0.15, -0.1) is 0 Å². The van der Waals surface area contributed by atoms with Crippen molar-refractivity contribution in [3.05, 3.63) is 18.2 Å². The number of aliphatic hydroxyl groups is 1. The van der Waals surface area contributed by atoms with Gasteiger partial charge in [-0.3, -0.25) is 0 Å². The van der Waals surface area contributed by atoms with E-state index in [0.29, 0.717) is 17.2 Å². The van der Waals surface area contributed by atoms with Crippen LogP contribution in [0.5, 0.6) is 11.5 Å². The Balaban J connectivity index is 2.77. The van der Waals surface area contributed by atoms with Crippen molar-refractivity contribution in [2.45, 2.75) is 19.4 Å². The third-order valence-electron chi connectivity index (χ3n) is 2.17. The normalized spacial score (nSPS) is 12.2. The minimum Gasteiger partial charge on any atom is -0.494 e. The van der Waals surface area contributed by atoms with E-state index in [1.807, 2.05) is 6.92 Å². The number of hydrogen-bond donors (Lipinski definition) is 2. The Labute approximate surface area is 89.6 Å². The molecule has 0 aliphatic rings. The zero-order valence-electron chi connectivity index (χ0n) is 9.06. The van der Waals surface area contributed by atoms with E-state index < -0.39 is 0 Å². The monoisotopic (exact) mass is 211 g/mol. The van der Waals surface area contributed by atoms with Crippen LogP contribution in [0.15, 0.2) is 18.2 Å². The molecule has 0 saturated heterocycles. The van der Waals surface area contributed by atoms with E-state index in [0.717, 1.165) is 6.42 Å². The lowest BCUT2D eigenvalue weighted by molar-refractivity contribution is 0.112. The summed E-state index contributed by atoms with van der Waals surface area (Å²) in [7, 11) is 1.55. The Morgan fingerprint density at radius 3 is 2.73 bits per heavy atom. The van der Waals surface area contributed by atoms with Gasteiger partial charge in [-0.25, -0.2) is 0 Å². The van der Waals surface area contributed by atoms with Gasteiger partial charge in [0.1, 0.15) is 17.6 Å². The van der Waals surface area contributed by atoms with Gasteiger partial charge < -0.3 is 20.3 Å². The second-order valence-electron chi connectivity index (χ2n) is 3.23. The number of hydrogen-bond acceptors (Lipinski definition) is 4. The maximum atomic E-state index is 8.99. The maximum absolute atomic E-state index is 8.99. The van der Waals surface area contributed by atoms with Crippen LogP contribution in [0.1, 0.15) is 13.3 Å². The van der Waals surface area contributed by atoms with Gasteiger partial charge in [-0.2, -0.15) is 0 Å². The second kappa shape index (κ2) is 5.46. The number of aliphatic hydroxyl groups excluding tert-OH is 1. The Hall–Kier alpha value is -1.42. The summed E-state index contributed by atoms with van der Waals surface area (Å²) in [4.78, 5) is 0. The molecule has 0 amide bonds. The quantitative estimate of drug-likeness (QED) is 0.723. The van der Waals surface area contributed by atoms with Crippen molar-refractivity contribution in [2.75, 3.05) is 19.5 Å². The zero-order valence-corrected chi connectivity index (χ0v) is 9.06. The molecule has 84 valence electrons. The van der Waals surface area contributed by atoms with Gasteiger partial charge in [0.15, 0.2) is 0 Å². The largest absolute Gasteiger partial charge is 0.494 e. The fourth-order valence-corrected chi connectivity index (χ4v) is 1.21. The molecule has 0 fully saturated rings. The number of nitrogens with two attached hydrogens (primary N) is 1. The Morgan fingerprint density at radius 2 is 2.20 bits per heavy atom. The van der Waals surface area contributed by atoms with Crippen molar-refractivity contribution < 1.29 is 14.6 Å². The number of rotatable bonds is 5. The molecule has 3 N–H and O–H groups in total. The lowest BCUT2D eigenvalue weighted by Crippen LogP contribution is -2.19. The number of anilines is 1. The van der Waals surface area contributed by atoms with Crippen molar-refractivity contribution in [1.82, 2.24) is 0 Å². The summed E-state index contributed by atoms with van der Waals surface area (Å²) < 4.78 is 10.6. The number of ether oxygens (including phenoxy) is 2. The fraction of sp³-hybridized carbons (Fsp3) is 0.455. The first kappa shape index (κ1) is 11.7. The maximum Gasteiger partial charge on any atom is 0.145 e. The number of methoxy groups -OCH3 is 1. The van der Waals surface area contributed by atoms with E-state index in [4.69, 9.17) is 20.3 Å². The minimum absolute atomic E-state index is 0.00317. The van der Waals surface area contributed by atoms with Crippen LogP contribution in [0.25, 0.3) is 0 Å². The highest BCUT2D eigenvalue weighted by molar-refractivity contribution is 5.55.